The summed E-state index contributed by atoms with van der Waals surface area (Å²) in [6, 6.07) is 7.78. The lowest BCUT2D eigenvalue weighted by Gasteiger charge is -2.28. The van der Waals surface area contributed by atoms with E-state index in [9.17, 15) is 4.79 Å². The first-order valence-corrected chi connectivity index (χ1v) is 10.3. The summed E-state index contributed by atoms with van der Waals surface area (Å²) in [6.07, 6.45) is 8.44. The van der Waals surface area contributed by atoms with E-state index in [4.69, 9.17) is 19.3 Å². The number of rotatable bonds is 12. The van der Waals surface area contributed by atoms with Crippen LogP contribution in [0, 0.1) is 11.8 Å². The minimum atomic E-state index is -0.953. The van der Waals surface area contributed by atoms with Crippen LogP contribution in [-0.2, 0) is 20.7 Å². The molecule has 4 atom stereocenters. The average molecular weight is 376 g/mol. The van der Waals surface area contributed by atoms with Gasteiger partial charge in [-0.25, -0.2) is 4.79 Å². The molecule has 0 aromatic heterocycles. The Labute approximate surface area is 162 Å². The second-order valence-corrected chi connectivity index (χ2v) is 7.72. The highest BCUT2D eigenvalue weighted by Crippen LogP contribution is 2.47. The average Bonchev–Trinajstić information content (AvgIpc) is 3.26. The Morgan fingerprint density at radius 3 is 2.70 bits per heavy atom. The van der Waals surface area contributed by atoms with E-state index in [2.05, 4.69) is 6.92 Å². The van der Waals surface area contributed by atoms with Gasteiger partial charge in [0.2, 0.25) is 0 Å². The fraction of sp³-hybridized carbons (Fsp3) is 0.682. The van der Waals surface area contributed by atoms with Crippen LogP contribution < -0.4 is 4.74 Å². The summed E-state index contributed by atoms with van der Waals surface area (Å²) in [6.45, 7) is 3.55. The van der Waals surface area contributed by atoms with E-state index >= 15 is 0 Å². The number of hydrogen-bond acceptors (Lipinski definition) is 4. The lowest BCUT2D eigenvalue weighted by atomic mass is 9.74. The number of unbranched alkanes of at least 4 members (excludes halogenated alkanes) is 2. The molecule has 2 saturated heterocycles. The van der Waals surface area contributed by atoms with Gasteiger partial charge in [-0.1, -0.05) is 38.0 Å². The second-order valence-electron chi connectivity index (χ2n) is 7.72. The van der Waals surface area contributed by atoms with Gasteiger partial charge in [-0.2, -0.15) is 0 Å². The van der Waals surface area contributed by atoms with Crippen molar-refractivity contribution < 1.29 is 24.1 Å². The maximum Gasteiger partial charge on any atom is 0.341 e. The van der Waals surface area contributed by atoms with Gasteiger partial charge in [-0.3, -0.25) is 0 Å². The highest BCUT2D eigenvalue weighted by atomic mass is 16.5. The lowest BCUT2D eigenvalue weighted by molar-refractivity contribution is -0.139. The molecule has 1 aromatic rings. The van der Waals surface area contributed by atoms with Gasteiger partial charge >= 0.3 is 5.97 Å². The molecule has 0 saturated carbocycles. The van der Waals surface area contributed by atoms with Crippen molar-refractivity contribution in [2.24, 2.45) is 11.8 Å². The van der Waals surface area contributed by atoms with Crippen molar-refractivity contribution in [3.05, 3.63) is 29.8 Å². The molecule has 2 bridgehead atoms. The Hall–Kier alpha value is -1.59. The van der Waals surface area contributed by atoms with Crippen molar-refractivity contribution in [3.8, 4) is 5.75 Å². The van der Waals surface area contributed by atoms with E-state index in [0.29, 0.717) is 29.8 Å². The van der Waals surface area contributed by atoms with E-state index in [1.54, 1.807) is 0 Å². The van der Waals surface area contributed by atoms with E-state index in [0.717, 1.165) is 50.9 Å². The van der Waals surface area contributed by atoms with Gasteiger partial charge in [-0.05, 0) is 55.6 Å². The van der Waals surface area contributed by atoms with Crippen molar-refractivity contribution in [3.63, 3.8) is 0 Å². The van der Waals surface area contributed by atoms with E-state index in [1.807, 2.05) is 24.3 Å². The standard InChI is InChI=1S/C22H32O5/c1-2-3-6-12-25-13-11-17-18(21-10-9-20(17)27-21)14-16-7-4-5-8-19(16)26-15-22(23)24/h4-5,7-8,17-18,20-21H,2-3,6,9-15H2,1H3,(H,23,24)/t17-,18+,20-,21+/m1/s1. The Bertz CT molecular complexity index is 602. The Kier molecular flexibility index (Phi) is 7.53. The van der Waals surface area contributed by atoms with Crippen molar-refractivity contribution in [2.45, 2.75) is 64.1 Å². The second kappa shape index (κ2) is 10.1. The van der Waals surface area contributed by atoms with Gasteiger partial charge in [0.25, 0.3) is 0 Å². The molecule has 2 aliphatic heterocycles. The molecule has 5 heteroatoms. The van der Waals surface area contributed by atoms with Crippen LogP contribution in [0.4, 0.5) is 0 Å². The number of aliphatic carboxylic acids is 1. The van der Waals surface area contributed by atoms with Gasteiger partial charge < -0.3 is 19.3 Å². The summed E-state index contributed by atoms with van der Waals surface area (Å²) >= 11 is 0. The summed E-state index contributed by atoms with van der Waals surface area (Å²) < 4.78 is 17.6. The van der Waals surface area contributed by atoms with Crippen molar-refractivity contribution in [1.82, 2.24) is 0 Å². The highest BCUT2D eigenvalue weighted by molar-refractivity contribution is 5.68. The number of carboxylic acid groups (broad SMARTS) is 1. The number of hydrogen-bond donors (Lipinski definition) is 1. The molecular weight excluding hydrogens is 344 g/mol. The molecule has 2 fully saturated rings. The minimum Gasteiger partial charge on any atom is -0.482 e. The molecule has 1 N–H and O–H groups in total. The maximum atomic E-state index is 10.8. The molecule has 5 nitrogen and oxygen atoms in total. The van der Waals surface area contributed by atoms with Crippen LogP contribution in [-0.4, -0.2) is 43.1 Å². The molecule has 2 heterocycles. The van der Waals surface area contributed by atoms with E-state index in [1.165, 1.54) is 12.8 Å². The Morgan fingerprint density at radius 1 is 1.15 bits per heavy atom. The molecule has 3 rings (SSSR count). The maximum absolute atomic E-state index is 10.8. The van der Waals surface area contributed by atoms with Gasteiger partial charge in [-0.15, -0.1) is 0 Å². The molecular formula is C22H32O5. The van der Waals surface area contributed by atoms with Crippen LogP contribution in [0.2, 0.25) is 0 Å². The van der Waals surface area contributed by atoms with Crippen molar-refractivity contribution in [2.75, 3.05) is 19.8 Å². The largest absolute Gasteiger partial charge is 0.482 e. The fourth-order valence-corrected chi connectivity index (χ4v) is 4.54. The van der Waals surface area contributed by atoms with Gasteiger partial charge in [0.15, 0.2) is 6.61 Å². The predicted molar refractivity (Wildman–Crippen MR) is 103 cm³/mol. The first kappa shape index (κ1) is 20.2. The molecule has 27 heavy (non-hydrogen) atoms. The van der Waals surface area contributed by atoms with Crippen LogP contribution in [0.5, 0.6) is 5.75 Å². The molecule has 0 aliphatic carbocycles. The number of ether oxygens (including phenoxy) is 3. The number of para-hydroxylation sites is 1. The zero-order valence-corrected chi connectivity index (χ0v) is 16.3. The summed E-state index contributed by atoms with van der Waals surface area (Å²) in [5.41, 5.74) is 1.08. The van der Waals surface area contributed by atoms with Crippen LogP contribution in [0.3, 0.4) is 0 Å². The number of fused-ring (bicyclic) bond motifs is 2. The van der Waals surface area contributed by atoms with Crippen molar-refractivity contribution in [1.29, 1.82) is 0 Å². The SMILES string of the molecule is CCCCCOCC[C@@H]1[C@H](Cc2ccccc2OCC(=O)O)[C@@H]2CC[C@H]1O2. The van der Waals surface area contributed by atoms with E-state index in [-0.39, 0.29) is 6.61 Å². The van der Waals surface area contributed by atoms with Crippen LogP contribution in [0.1, 0.15) is 51.0 Å². The highest BCUT2D eigenvalue weighted by Gasteiger charge is 2.48. The number of carbonyl (C=O) groups is 1. The fourth-order valence-electron chi connectivity index (χ4n) is 4.54. The van der Waals surface area contributed by atoms with Gasteiger partial charge in [0.05, 0.1) is 12.2 Å². The molecule has 0 radical (unpaired) electrons. The number of carboxylic acids is 1. The van der Waals surface area contributed by atoms with Gasteiger partial charge in [0.1, 0.15) is 5.75 Å². The first-order valence-electron chi connectivity index (χ1n) is 10.3. The summed E-state index contributed by atoms with van der Waals surface area (Å²) in [5, 5.41) is 8.89. The van der Waals surface area contributed by atoms with E-state index < -0.39 is 5.97 Å². The number of benzene rings is 1. The van der Waals surface area contributed by atoms with Gasteiger partial charge in [0, 0.05) is 13.2 Å². The Balaban J connectivity index is 1.57. The summed E-state index contributed by atoms with van der Waals surface area (Å²) in [5.74, 6) is 0.698. The molecule has 150 valence electrons. The third-order valence-corrected chi connectivity index (χ3v) is 5.86. The first-order chi connectivity index (χ1) is 13.2. The summed E-state index contributed by atoms with van der Waals surface area (Å²) in [7, 11) is 0. The quantitative estimate of drug-likeness (QED) is 0.557. The van der Waals surface area contributed by atoms with Crippen LogP contribution in [0.15, 0.2) is 24.3 Å². The molecule has 0 unspecified atom stereocenters. The van der Waals surface area contributed by atoms with Crippen LogP contribution >= 0.6 is 0 Å². The molecule has 2 aliphatic rings. The zero-order chi connectivity index (χ0) is 19.1. The molecule has 0 amide bonds. The third-order valence-electron chi connectivity index (χ3n) is 5.86. The molecule has 1 aromatic carbocycles. The van der Waals surface area contributed by atoms with Crippen molar-refractivity contribution >= 4 is 5.97 Å². The predicted octanol–water partition coefficient (Wildman–Crippen LogP) is 4.08. The Morgan fingerprint density at radius 2 is 1.93 bits per heavy atom. The smallest absolute Gasteiger partial charge is 0.341 e. The third kappa shape index (κ3) is 5.45. The summed E-state index contributed by atoms with van der Waals surface area (Å²) in [4.78, 5) is 10.8. The van der Waals surface area contributed by atoms with Crippen LogP contribution in [0.25, 0.3) is 0 Å². The normalized spacial score (nSPS) is 26.4. The zero-order valence-electron chi connectivity index (χ0n) is 16.3. The lowest BCUT2D eigenvalue weighted by Crippen LogP contribution is -2.30. The topological polar surface area (TPSA) is 65.0 Å². The monoisotopic (exact) mass is 376 g/mol. The molecule has 0 spiro atoms. The minimum absolute atomic E-state index is 0.306.